The third-order valence-corrected chi connectivity index (χ3v) is 7.72. The van der Waals surface area contributed by atoms with Crippen molar-refractivity contribution in [1.82, 2.24) is 4.90 Å². The van der Waals surface area contributed by atoms with Gasteiger partial charge in [-0.3, -0.25) is 14.4 Å². The van der Waals surface area contributed by atoms with Crippen LogP contribution in [0.5, 0.6) is 11.5 Å². The molecule has 1 heterocycles. The number of aliphatic hydroxyl groups excluding tert-OH is 1. The summed E-state index contributed by atoms with van der Waals surface area (Å²) < 4.78 is 0. The van der Waals surface area contributed by atoms with Crippen molar-refractivity contribution in [1.29, 1.82) is 0 Å². The number of aliphatic hydroxyl groups is 1. The number of amides is 1. The molecule has 32 heavy (non-hydrogen) atoms. The first-order chi connectivity index (χ1) is 15.3. The van der Waals surface area contributed by atoms with E-state index in [0.717, 1.165) is 32.1 Å². The van der Waals surface area contributed by atoms with Crippen molar-refractivity contribution in [2.75, 3.05) is 6.54 Å². The topological polar surface area (TPSA) is 115 Å². The van der Waals surface area contributed by atoms with E-state index in [1.807, 2.05) is 0 Å². The maximum absolute atomic E-state index is 13.0. The van der Waals surface area contributed by atoms with Crippen molar-refractivity contribution < 1.29 is 29.7 Å². The van der Waals surface area contributed by atoms with Crippen LogP contribution in [0.15, 0.2) is 18.2 Å². The van der Waals surface area contributed by atoms with Crippen LogP contribution >= 0.6 is 11.8 Å². The molecule has 0 spiro atoms. The van der Waals surface area contributed by atoms with Crippen LogP contribution in [0.4, 0.5) is 0 Å². The Bertz CT molecular complexity index is 838. The minimum atomic E-state index is -1.31. The maximum Gasteiger partial charge on any atom is 0.226 e. The number of likely N-dealkylation sites (tertiary alicyclic amines) is 1. The van der Waals surface area contributed by atoms with Gasteiger partial charge in [-0.05, 0) is 43.4 Å². The van der Waals surface area contributed by atoms with Crippen molar-refractivity contribution in [2.24, 2.45) is 5.92 Å². The van der Waals surface area contributed by atoms with Crippen molar-refractivity contribution in [3.63, 3.8) is 0 Å². The molecular weight excluding hydrogens is 430 g/mol. The number of ketones is 1. The number of carbonyl (C=O) groups is 3. The monoisotopic (exact) mass is 463 g/mol. The highest BCUT2D eigenvalue weighted by atomic mass is 32.2. The number of carbonyl (C=O) groups excluding carboxylic acids is 3. The summed E-state index contributed by atoms with van der Waals surface area (Å²) in [6.07, 6.45) is 5.65. The molecule has 2 fully saturated rings. The van der Waals surface area contributed by atoms with Gasteiger partial charge in [-0.1, -0.05) is 44.0 Å². The van der Waals surface area contributed by atoms with E-state index in [-0.39, 0.29) is 35.4 Å². The first kappa shape index (κ1) is 24.6. The maximum atomic E-state index is 13.0. The first-order valence-electron chi connectivity index (χ1n) is 11.5. The van der Waals surface area contributed by atoms with Gasteiger partial charge in [0.2, 0.25) is 11.0 Å². The standard InChI is InChI=1S/C24H33NO6S/c1-15(12-20(27)22(29)14-16-9-10-19(26)21(28)13-16)23(30)25-11-5-8-18(25)24(31)32-17-6-3-2-4-7-17/h9-10,13,15,17-18,22,26,28-29H,2-8,11-12,14H2,1H3. The minimum absolute atomic E-state index is 0.0174. The summed E-state index contributed by atoms with van der Waals surface area (Å²) in [7, 11) is 0. The van der Waals surface area contributed by atoms with E-state index in [4.69, 9.17) is 0 Å². The normalized spacial score (nSPS) is 21.3. The van der Waals surface area contributed by atoms with Crippen LogP contribution < -0.4 is 0 Å². The predicted molar refractivity (Wildman–Crippen MR) is 122 cm³/mol. The lowest BCUT2D eigenvalue weighted by molar-refractivity contribution is -0.141. The Balaban J connectivity index is 1.53. The summed E-state index contributed by atoms with van der Waals surface area (Å²) in [5.41, 5.74) is 0.505. The average molecular weight is 464 g/mol. The van der Waals surface area contributed by atoms with E-state index >= 15 is 0 Å². The van der Waals surface area contributed by atoms with Crippen molar-refractivity contribution in [3.05, 3.63) is 23.8 Å². The van der Waals surface area contributed by atoms with E-state index < -0.39 is 23.8 Å². The van der Waals surface area contributed by atoms with Gasteiger partial charge in [0.15, 0.2) is 17.3 Å². The molecule has 3 atom stereocenters. The van der Waals surface area contributed by atoms with Gasteiger partial charge in [0, 0.05) is 30.6 Å². The number of hydrogen-bond donors (Lipinski definition) is 3. The van der Waals surface area contributed by atoms with Gasteiger partial charge >= 0.3 is 0 Å². The molecule has 2 aliphatic rings. The predicted octanol–water partition coefficient (Wildman–Crippen LogP) is 3.18. The number of aromatic hydroxyl groups is 2. The molecule has 1 aliphatic heterocycles. The molecule has 3 unspecified atom stereocenters. The molecular formula is C24H33NO6S. The molecule has 176 valence electrons. The number of Topliss-reactive ketones (excluding diaryl/α,β-unsaturated/α-hetero) is 1. The second-order valence-electron chi connectivity index (χ2n) is 9.00. The quantitative estimate of drug-likeness (QED) is 0.507. The first-order valence-corrected chi connectivity index (χ1v) is 12.4. The highest BCUT2D eigenvalue weighted by Gasteiger charge is 2.37. The fourth-order valence-electron chi connectivity index (χ4n) is 4.54. The van der Waals surface area contributed by atoms with Gasteiger partial charge in [0.05, 0.1) is 0 Å². The highest BCUT2D eigenvalue weighted by molar-refractivity contribution is 8.14. The Labute approximate surface area is 193 Å². The lowest BCUT2D eigenvalue weighted by Gasteiger charge is -2.28. The molecule has 1 aliphatic carbocycles. The SMILES string of the molecule is CC(CC(=O)C(O)Cc1ccc(O)c(O)c1)C(=O)N1CCCC1C(=O)SC1CCCCC1. The Morgan fingerprint density at radius 1 is 1.06 bits per heavy atom. The number of rotatable bonds is 8. The smallest absolute Gasteiger partial charge is 0.226 e. The van der Waals surface area contributed by atoms with Crippen LogP contribution in [0.1, 0.15) is 63.9 Å². The van der Waals surface area contributed by atoms with E-state index in [2.05, 4.69) is 0 Å². The van der Waals surface area contributed by atoms with Gasteiger partial charge in [-0.15, -0.1) is 0 Å². The number of hydrogen-bond acceptors (Lipinski definition) is 7. The summed E-state index contributed by atoms with van der Waals surface area (Å²) >= 11 is 1.39. The lowest BCUT2D eigenvalue weighted by Crippen LogP contribution is -2.43. The molecule has 3 rings (SSSR count). The van der Waals surface area contributed by atoms with Crippen molar-refractivity contribution >= 4 is 28.6 Å². The molecule has 8 heteroatoms. The molecule has 0 bridgehead atoms. The molecule has 0 aromatic heterocycles. The molecule has 3 N–H and O–H groups in total. The number of nitrogens with zero attached hydrogens (tertiary/aromatic N) is 1. The van der Waals surface area contributed by atoms with E-state index in [0.29, 0.717) is 23.8 Å². The summed E-state index contributed by atoms with van der Waals surface area (Å²) in [6, 6.07) is 3.69. The number of phenols is 2. The van der Waals surface area contributed by atoms with Crippen LogP contribution in [0.25, 0.3) is 0 Å². The average Bonchev–Trinajstić information content (AvgIpc) is 3.26. The Morgan fingerprint density at radius 2 is 1.78 bits per heavy atom. The van der Waals surface area contributed by atoms with Gasteiger partial charge in [0.25, 0.3) is 0 Å². The van der Waals surface area contributed by atoms with Crippen LogP contribution in [0.2, 0.25) is 0 Å². The number of thioether (sulfide) groups is 1. The fourth-order valence-corrected chi connectivity index (χ4v) is 5.84. The molecule has 1 aromatic rings. The molecule has 7 nitrogen and oxygen atoms in total. The second kappa shape index (κ2) is 11.2. The van der Waals surface area contributed by atoms with Crippen LogP contribution in [0.3, 0.4) is 0 Å². The molecule has 1 aromatic carbocycles. The number of benzene rings is 1. The summed E-state index contributed by atoms with van der Waals surface area (Å²) in [5.74, 6) is -1.89. The van der Waals surface area contributed by atoms with Crippen LogP contribution in [-0.4, -0.2) is 61.0 Å². The van der Waals surface area contributed by atoms with Gasteiger partial charge in [-0.25, -0.2) is 0 Å². The lowest BCUT2D eigenvalue weighted by atomic mass is 9.96. The van der Waals surface area contributed by atoms with E-state index in [1.54, 1.807) is 11.8 Å². The Morgan fingerprint density at radius 3 is 2.47 bits per heavy atom. The third-order valence-electron chi connectivity index (χ3n) is 6.41. The Hall–Kier alpha value is -2.06. The summed E-state index contributed by atoms with van der Waals surface area (Å²) in [5, 5.41) is 29.6. The molecule has 1 saturated heterocycles. The Kier molecular flexibility index (Phi) is 8.59. The van der Waals surface area contributed by atoms with Gasteiger partial charge in [-0.2, -0.15) is 0 Å². The summed E-state index contributed by atoms with van der Waals surface area (Å²) in [6.45, 7) is 2.18. The zero-order valence-electron chi connectivity index (χ0n) is 18.5. The van der Waals surface area contributed by atoms with Gasteiger partial charge in [0.1, 0.15) is 12.1 Å². The highest BCUT2D eigenvalue weighted by Crippen LogP contribution is 2.33. The van der Waals surface area contributed by atoms with Crippen LogP contribution in [-0.2, 0) is 20.8 Å². The third kappa shape index (κ3) is 6.25. The molecule has 1 amide bonds. The second-order valence-corrected chi connectivity index (χ2v) is 10.3. The molecule has 0 radical (unpaired) electrons. The fraction of sp³-hybridized carbons (Fsp3) is 0.625. The van der Waals surface area contributed by atoms with E-state index in [1.165, 1.54) is 36.4 Å². The zero-order chi connectivity index (χ0) is 23.3. The van der Waals surface area contributed by atoms with E-state index in [9.17, 15) is 29.7 Å². The largest absolute Gasteiger partial charge is 0.504 e. The van der Waals surface area contributed by atoms with Crippen molar-refractivity contribution in [3.8, 4) is 11.5 Å². The minimum Gasteiger partial charge on any atom is -0.504 e. The number of phenolic OH excluding ortho intramolecular Hbond substituents is 2. The van der Waals surface area contributed by atoms with Gasteiger partial charge < -0.3 is 20.2 Å². The molecule has 1 saturated carbocycles. The van der Waals surface area contributed by atoms with Crippen molar-refractivity contribution in [2.45, 2.75) is 82.1 Å². The van der Waals surface area contributed by atoms with Crippen LogP contribution in [0, 0.1) is 5.92 Å². The summed E-state index contributed by atoms with van der Waals surface area (Å²) in [4.78, 5) is 40.0. The zero-order valence-corrected chi connectivity index (χ0v) is 19.4.